The van der Waals surface area contributed by atoms with Crippen LogP contribution in [0.1, 0.15) is 29.1 Å². The molecule has 0 bridgehead atoms. The molecule has 21 heavy (non-hydrogen) atoms. The second-order valence-electron chi connectivity index (χ2n) is 5.86. The molecule has 3 rings (SSSR count). The summed E-state index contributed by atoms with van der Waals surface area (Å²) in [5.74, 6) is 1.24. The van der Waals surface area contributed by atoms with Crippen molar-refractivity contribution in [3.8, 4) is 0 Å². The van der Waals surface area contributed by atoms with Gasteiger partial charge in [0.1, 0.15) is 5.82 Å². The van der Waals surface area contributed by atoms with Crippen molar-refractivity contribution in [1.29, 1.82) is 0 Å². The van der Waals surface area contributed by atoms with Gasteiger partial charge in [0, 0.05) is 25.2 Å². The summed E-state index contributed by atoms with van der Waals surface area (Å²) in [5, 5.41) is 3.16. The lowest BCUT2D eigenvalue weighted by Crippen LogP contribution is -2.41. The van der Waals surface area contributed by atoms with Gasteiger partial charge in [0.2, 0.25) is 5.91 Å². The maximum absolute atomic E-state index is 12.2. The Kier molecular flexibility index (Phi) is 3.78. The maximum Gasteiger partial charge on any atom is 0.224 e. The molecule has 4 heteroatoms. The lowest BCUT2D eigenvalue weighted by molar-refractivity contribution is -0.121. The average Bonchev–Trinajstić information content (AvgIpc) is 2.80. The second kappa shape index (κ2) is 5.72. The highest BCUT2D eigenvalue weighted by Crippen LogP contribution is 2.15. The first kappa shape index (κ1) is 13.9. The zero-order valence-electron chi connectivity index (χ0n) is 12.6. The van der Waals surface area contributed by atoms with Crippen molar-refractivity contribution in [3.05, 3.63) is 53.1 Å². The van der Waals surface area contributed by atoms with Crippen LogP contribution in [0.3, 0.4) is 0 Å². The van der Waals surface area contributed by atoms with E-state index in [0.717, 1.165) is 36.5 Å². The third-order valence-electron chi connectivity index (χ3n) is 4.09. The molecular formula is C17H21N3O. The van der Waals surface area contributed by atoms with Crippen LogP contribution >= 0.6 is 0 Å². The molecule has 110 valence electrons. The summed E-state index contributed by atoms with van der Waals surface area (Å²) >= 11 is 0. The molecule has 1 aliphatic rings. The Bertz CT molecular complexity index is 660. The van der Waals surface area contributed by atoms with E-state index in [-0.39, 0.29) is 11.9 Å². The quantitative estimate of drug-likeness (QED) is 0.938. The number of amides is 1. The standard InChI is InChI=1S/C17H21N3O/c1-12-5-3-4-6-14(12)9-17(21)19-15-7-8-16-18-13(2)10-20(16)11-15/h3-6,10,15H,7-9,11H2,1-2H3,(H,19,21). The minimum absolute atomic E-state index is 0.106. The van der Waals surface area contributed by atoms with Crippen molar-refractivity contribution < 1.29 is 4.79 Å². The van der Waals surface area contributed by atoms with Crippen molar-refractivity contribution in [1.82, 2.24) is 14.9 Å². The van der Waals surface area contributed by atoms with Crippen molar-refractivity contribution in [2.24, 2.45) is 0 Å². The molecular weight excluding hydrogens is 262 g/mol. The van der Waals surface area contributed by atoms with Gasteiger partial charge in [-0.3, -0.25) is 4.79 Å². The van der Waals surface area contributed by atoms with E-state index >= 15 is 0 Å². The summed E-state index contributed by atoms with van der Waals surface area (Å²) in [5.41, 5.74) is 3.32. The molecule has 1 N–H and O–H groups in total. The van der Waals surface area contributed by atoms with Gasteiger partial charge < -0.3 is 9.88 Å². The van der Waals surface area contributed by atoms with Gasteiger partial charge in [0.05, 0.1) is 12.1 Å². The van der Waals surface area contributed by atoms with Gasteiger partial charge in [-0.15, -0.1) is 0 Å². The lowest BCUT2D eigenvalue weighted by atomic mass is 10.0. The molecule has 0 spiro atoms. The normalized spacial score (nSPS) is 17.3. The van der Waals surface area contributed by atoms with E-state index in [0.29, 0.717) is 6.42 Å². The van der Waals surface area contributed by atoms with Crippen LogP contribution in [-0.2, 0) is 24.2 Å². The molecule has 0 saturated heterocycles. The van der Waals surface area contributed by atoms with E-state index in [1.165, 1.54) is 5.56 Å². The summed E-state index contributed by atoms with van der Waals surface area (Å²) in [4.78, 5) is 16.7. The van der Waals surface area contributed by atoms with Gasteiger partial charge in [-0.2, -0.15) is 0 Å². The van der Waals surface area contributed by atoms with Crippen molar-refractivity contribution in [2.45, 2.75) is 45.7 Å². The van der Waals surface area contributed by atoms with Crippen LogP contribution in [0, 0.1) is 13.8 Å². The van der Waals surface area contributed by atoms with Crippen LogP contribution in [-0.4, -0.2) is 21.5 Å². The molecule has 0 saturated carbocycles. The van der Waals surface area contributed by atoms with Gasteiger partial charge in [0.25, 0.3) is 0 Å². The minimum atomic E-state index is 0.106. The molecule has 0 fully saturated rings. The third-order valence-corrected chi connectivity index (χ3v) is 4.09. The van der Waals surface area contributed by atoms with Gasteiger partial charge in [-0.25, -0.2) is 4.98 Å². The molecule has 1 aliphatic heterocycles. The largest absolute Gasteiger partial charge is 0.351 e. The molecule has 1 atom stereocenters. The Hall–Kier alpha value is -2.10. The zero-order chi connectivity index (χ0) is 14.8. The molecule has 2 aromatic rings. The number of carbonyl (C=O) groups is 1. The highest BCUT2D eigenvalue weighted by atomic mass is 16.1. The lowest BCUT2D eigenvalue weighted by Gasteiger charge is -2.24. The Morgan fingerprint density at radius 3 is 3.00 bits per heavy atom. The van der Waals surface area contributed by atoms with E-state index in [2.05, 4.69) is 21.1 Å². The zero-order valence-corrected chi connectivity index (χ0v) is 12.6. The number of rotatable bonds is 3. The summed E-state index contributed by atoms with van der Waals surface area (Å²) in [6.07, 6.45) is 4.42. The van der Waals surface area contributed by atoms with Crippen molar-refractivity contribution in [2.75, 3.05) is 0 Å². The molecule has 1 amide bonds. The first-order valence-corrected chi connectivity index (χ1v) is 7.48. The third kappa shape index (κ3) is 3.15. The number of imidazole rings is 1. The molecule has 1 aromatic heterocycles. The van der Waals surface area contributed by atoms with Crippen molar-refractivity contribution >= 4 is 5.91 Å². The van der Waals surface area contributed by atoms with Gasteiger partial charge in [0.15, 0.2) is 0 Å². The summed E-state index contributed by atoms with van der Waals surface area (Å²) in [7, 11) is 0. The van der Waals surface area contributed by atoms with E-state index in [1.54, 1.807) is 0 Å². The number of hydrogen-bond donors (Lipinski definition) is 1. The Balaban J connectivity index is 1.60. The van der Waals surface area contributed by atoms with Crippen molar-refractivity contribution in [3.63, 3.8) is 0 Å². The second-order valence-corrected chi connectivity index (χ2v) is 5.86. The summed E-state index contributed by atoms with van der Waals surface area (Å²) in [6, 6.07) is 8.26. The molecule has 2 heterocycles. The Labute approximate surface area is 125 Å². The number of aromatic nitrogens is 2. The number of fused-ring (bicyclic) bond motifs is 1. The fourth-order valence-electron chi connectivity index (χ4n) is 2.96. The van der Waals surface area contributed by atoms with E-state index in [9.17, 15) is 4.79 Å². The van der Waals surface area contributed by atoms with Crippen LogP contribution in [0.15, 0.2) is 30.5 Å². The number of benzene rings is 1. The summed E-state index contributed by atoms with van der Waals surface area (Å²) < 4.78 is 2.16. The number of carbonyl (C=O) groups excluding carboxylic acids is 1. The van der Waals surface area contributed by atoms with Gasteiger partial charge >= 0.3 is 0 Å². The summed E-state index contributed by atoms with van der Waals surface area (Å²) in [6.45, 7) is 4.89. The Morgan fingerprint density at radius 1 is 1.38 bits per heavy atom. The molecule has 1 aromatic carbocycles. The SMILES string of the molecule is Cc1cn2c(n1)CCC(NC(=O)Cc1ccccc1C)C2. The fourth-order valence-corrected chi connectivity index (χ4v) is 2.96. The first-order valence-electron chi connectivity index (χ1n) is 7.48. The number of hydrogen-bond acceptors (Lipinski definition) is 2. The fraction of sp³-hybridized carbons (Fsp3) is 0.412. The van der Waals surface area contributed by atoms with Crippen LogP contribution in [0.25, 0.3) is 0 Å². The van der Waals surface area contributed by atoms with Gasteiger partial charge in [-0.1, -0.05) is 24.3 Å². The van der Waals surface area contributed by atoms with Crippen LogP contribution in [0.5, 0.6) is 0 Å². The highest BCUT2D eigenvalue weighted by Gasteiger charge is 2.21. The molecule has 0 radical (unpaired) electrons. The van der Waals surface area contributed by atoms with Crippen LogP contribution in [0.2, 0.25) is 0 Å². The Morgan fingerprint density at radius 2 is 2.19 bits per heavy atom. The van der Waals surface area contributed by atoms with Crippen LogP contribution < -0.4 is 5.32 Å². The molecule has 0 aliphatic carbocycles. The van der Waals surface area contributed by atoms with Crippen LogP contribution in [0.4, 0.5) is 0 Å². The monoisotopic (exact) mass is 283 g/mol. The average molecular weight is 283 g/mol. The number of aryl methyl sites for hydroxylation is 3. The minimum Gasteiger partial charge on any atom is -0.351 e. The maximum atomic E-state index is 12.2. The predicted octanol–water partition coefficient (Wildman–Crippen LogP) is 2.17. The topological polar surface area (TPSA) is 46.9 Å². The van der Waals surface area contributed by atoms with E-state index in [4.69, 9.17) is 0 Å². The van der Waals surface area contributed by atoms with Gasteiger partial charge in [-0.05, 0) is 31.4 Å². The molecule has 4 nitrogen and oxygen atoms in total. The first-order chi connectivity index (χ1) is 10.1. The smallest absolute Gasteiger partial charge is 0.224 e. The number of nitrogens with zero attached hydrogens (tertiary/aromatic N) is 2. The number of nitrogens with one attached hydrogen (secondary N) is 1. The molecule has 1 unspecified atom stereocenters. The van der Waals surface area contributed by atoms with E-state index in [1.807, 2.05) is 38.1 Å². The predicted molar refractivity (Wildman–Crippen MR) is 82.1 cm³/mol. The van der Waals surface area contributed by atoms with E-state index < -0.39 is 0 Å². The highest BCUT2D eigenvalue weighted by molar-refractivity contribution is 5.79.